The molecule has 0 saturated heterocycles. The van der Waals surface area contributed by atoms with Crippen LogP contribution in [0, 0.1) is 5.41 Å². The van der Waals surface area contributed by atoms with Crippen molar-refractivity contribution in [2.75, 3.05) is 50.9 Å². The van der Waals surface area contributed by atoms with Gasteiger partial charge in [-0.15, -0.1) is 0 Å². The maximum Gasteiger partial charge on any atom is 0.326 e. The summed E-state index contributed by atoms with van der Waals surface area (Å²) in [6, 6.07) is 14.0. The molecule has 3 rings (SSSR count). The van der Waals surface area contributed by atoms with E-state index < -0.39 is 99.0 Å². The van der Waals surface area contributed by atoms with Crippen LogP contribution in [0.3, 0.4) is 0 Å². The van der Waals surface area contributed by atoms with Crippen molar-refractivity contribution < 1.29 is 70.6 Å². The monoisotopic (exact) mass is 937 g/mol. The van der Waals surface area contributed by atoms with Crippen LogP contribution in [0.25, 0.3) is 11.1 Å². The minimum absolute atomic E-state index is 0.0813. The van der Waals surface area contributed by atoms with E-state index in [1.54, 1.807) is 0 Å². The Hall–Kier alpha value is -5.15. The van der Waals surface area contributed by atoms with Crippen molar-refractivity contribution in [1.29, 1.82) is 5.41 Å². The third kappa shape index (κ3) is 17.3. The molecule has 0 aliphatic heterocycles. The molecule has 19 N–H and O–H groups in total. The van der Waals surface area contributed by atoms with Crippen LogP contribution < -0.4 is 27.4 Å². The first-order chi connectivity index (χ1) is 30.7. The number of rotatable bonds is 27. The number of nitrogen functional groups attached to an aromatic ring is 2. The minimum Gasteiger partial charge on any atom is -0.480 e. The second kappa shape index (κ2) is 26.7. The third-order valence-corrected chi connectivity index (χ3v) is 10.6. The molecule has 2 amide bonds. The molecule has 0 bridgehead atoms. The highest BCUT2D eigenvalue weighted by molar-refractivity contribution is 6.31. The van der Waals surface area contributed by atoms with Gasteiger partial charge in [-0.25, -0.2) is 14.8 Å². The van der Waals surface area contributed by atoms with E-state index in [1.807, 2.05) is 48.5 Å². The number of nitrogens with zero attached hydrogens (tertiary/aromatic N) is 3. The third-order valence-electron chi connectivity index (χ3n) is 10.3. The number of aliphatic hydroxyl groups is 10. The second-order valence-electron chi connectivity index (χ2n) is 15.3. The lowest BCUT2D eigenvalue weighted by atomic mass is 9.99. The summed E-state index contributed by atoms with van der Waals surface area (Å²) in [6.45, 7) is -2.99. The molecular formula is C41H60ClN9O14. The number of aryl methyl sites for hydroxylation is 2. The van der Waals surface area contributed by atoms with E-state index in [4.69, 9.17) is 38.7 Å². The van der Waals surface area contributed by atoms with E-state index in [2.05, 4.69) is 25.9 Å². The van der Waals surface area contributed by atoms with Crippen LogP contribution >= 0.6 is 11.6 Å². The summed E-state index contributed by atoms with van der Waals surface area (Å²) >= 11 is 5.81. The van der Waals surface area contributed by atoms with Crippen molar-refractivity contribution in [3.8, 4) is 11.1 Å². The first kappa shape index (κ1) is 54.2. The number of carbonyl (C=O) groups excluding carboxylic acids is 2. The molecule has 1 aromatic heterocycles. The molecule has 65 heavy (non-hydrogen) atoms. The molecule has 360 valence electrons. The normalized spacial score (nSPS) is 15.8. The number of aliphatic hydroxyl groups excluding tert-OH is 10. The van der Waals surface area contributed by atoms with Gasteiger partial charge in [-0.2, -0.15) is 0 Å². The highest BCUT2D eigenvalue weighted by Crippen LogP contribution is 2.22. The van der Waals surface area contributed by atoms with Crippen LogP contribution in [-0.4, -0.2) is 189 Å². The summed E-state index contributed by atoms with van der Waals surface area (Å²) in [4.78, 5) is 46.1. The SMILES string of the molecule is N=C(NCCCCc1ccc(-c2ccc(CCC(=O)N[C@@H](CCN(C[C@H](O)[C@@H](O)[C@H](O)[C@H](O)CO)C[C@H](O)[C@@H](O)[C@H](O)[C@H](O)CO)C(=O)O)cc2)cc1)NC(=O)c1nc(Cl)c(N)nc1N. The van der Waals surface area contributed by atoms with Gasteiger partial charge in [0.15, 0.2) is 28.4 Å². The van der Waals surface area contributed by atoms with Gasteiger partial charge < -0.3 is 78.3 Å². The average Bonchev–Trinajstić information content (AvgIpc) is 3.29. The Kier molecular flexibility index (Phi) is 22.3. The lowest BCUT2D eigenvalue weighted by Gasteiger charge is -2.34. The number of aromatic nitrogens is 2. The van der Waals surface area contributed by atoms with Crippen molar-refractivity contribution in [2.45, 2.75) is 93.4 Å². The summed E-state index contributed by atoms with van der Waals surface area (Å²) in [5.74, 6) is -3.34. The number of carbonyl (C=O) groups is 3. The molecule has 0 spiro atoms. The van der Waals surface area contributed by atoms with E-state index in [-0.39, 0.29) is 54.2 Å². The minimum atomic E-state index is -2.03. The second-order valence-corrected chi connectivity index (χ2v) is 15.7. The van der Waals surface area contributed by atoms with Gasteiger partial charge in [-0.05, 0) is 54.4 Å². The van der Waals surface area contributed by atoms with Gasteiger partial charge in [0, 0.05) is 32.6 Å². The number of hydrogen-bond acceptors (Lipinski definition) is 19. The summed E-state index contributed by atoms with van der Waals surface area (Å²) in [5, 5.41) is 125. The number of benzene rings is 2. The molecule has 0 radical (unpaired) electrons. The average molecular weight is 938 g/mol. The number of halogens is 1. The van der Waals surface area contributed by atoms with E-state index >= 15 is 0 Å². The maximum atomic E-state index is 12.9. The number of nitrogens with one attached hydrogen (secondary N) is 4. The number of guanidine groups is 1. The van der Waals surface area contributed by atoms with E-state index in [0.29, 0.717) is 13.0 Å². The Bertz CT molecular complexity index is 1960. The van der Waals surface area contributed by atoms with Gasteiger partial charge in [0.2, 0.25) is 5.91 Å². The maximum absolute atomic E-state index is 12.9. The van der Waals surface area contributed by atoms with Crippen molar-refractivity contribution in [2.24, 2.45) is 0 Å². The molecule has 3 aromatic rings. The molecule has 0 fully saturated rings. The van der Waals surface area contributed by atoms with Crippen LogP contribution in [0.4, 0.5) is 11.6 Å². The topological polar surface area (TPSA) is 415 Å². The Balaban J connectivity index is 1.48. The zero-order chi connectivity index (χ0) is 48.4. The van der Waals surface area contributed by atoms with Crippen molar-refractivity contribution in [3.05, 3.63) is 70.5 Å². The fraction of sp³-hybridized carbons (Fsp3) is 0.512. The summed E-state index contributed by atoms with van der Waals surface area (Å²) < 4.78 is 0. The van der Waals surface area contributed by atoms with E-state index in [0.717, 1.165) is 40.0 Å². The van der Waals surface area contributed by atoms with Gasteiger partial charge in [-0.1, -0.05) is 60.1 Å². The fourth-order valence-electron chi connectivity index (χ4n) is 6.44. The molecule has 9 atom stereocenters. The van der Waals surface area contributed by atoms with Gasteiger partial charge in [0.25, 0.3) is 5.91 Å². The number of hydrogen-bond donors (Lipinski definition) is 17. The quantitative estimate of drug-likeness (QED) is 0.0199. The molecule has 0 unspecified atom stereocenters. The smallest absolute Gasteiger partial charge is 0.326 e. The van der Waals surface area contributed by atoms with Gasteiger partial charge in [0.05, 0.1) is 25.4 Å². The molecule has 24 heteroatoms. The Labute approximate surface area is 378 Å². The number of carboxylic acid groups (broad SMARTS) is 1. The zero-order valence-electron chi connectivity index (χ0n) is 35.3. The summed E-state index contributed by atoms with van der Waals surface area (Å²) in [7, 11) is 0. The number of amides is 2. The van der Waals surface area contributed by atoms with Crippen molar-refractivity contribution in [3.63, 3.8) is 0 Å². The van der Waals surface area contributed by atoms with Crippen LogP contribution in [0.2, 0.25) is 5.15 Å². The Morgan fingerprint density at radius 2 is 1.20 bits per heavy atom. The van der Waals surface area contributed by atoms with Crippen LogP contribution in [-0.2, 0) is 22.4 Å². The fourth-order valence-corrected chi connectivity index (χ4v) is 6.57. The van der Waals surface area contributed by atoms with Crippen molar-refractivity contribution >= 4 is 47.0 Å². The molecule has 0 aliphatic rings. The first-order valence-corrected chi connectivity index (χ1v) is 20.9. The van der Waals surface area contributed by atoms with E-state index in [9.17, 15) is 60.3 Å². The molecular weight excluding hydrogens is 878 g/mol. The van der Waals surface area contributed by atoms with Crippen molar-refractivity contribution in [1.82, 2.24) is 30.8 Å². The number of aliphatic carboxylic acids is 1. The Morgan fingerprint density at radius 3 is 1.69 bits per heavy atom. The Morgan fingerprint density at radius 1 is 0.708 bits per heavy atom. The molecule has 23 nitrogen and oxygen atoms in total. The molecule has 1 heterocycles. The predicted molar refractivity (Wildman–Crippen MR) is 235 cm³/mol. The number of carboxylic acids is 1. The van der Waals surface area contributed by atoms with Crippen LogP contribution in [0.15, 0.2) is 48.5 Å². The lowest BCUT2D eigenvalue weighted by molar-refractivity contribution is -0.142. The first-order valence-electron chi connectivity index (χ1n) is 20.6. The molecule has 0 aliphatic carbocycles. The molecule has 2 aromatic carbocycles. The zero-order valence-corrected chi connectivity index (χ0v) is 36.1. The van der Waals surface area contributed by atoms with Gasteiger partial charge in [-0.3, -0.25) is 25.2 Å². The largest absolute Gasteiger partial charge is 0.480 e. The number of unbranched alkanes of at least 4 members (excludes halogenated alkanes) is 1. The van der Waals surface area contributed by atoms with Crippen LogP contribution in [0.1, 0.15) is 47.3 Å². The highest BCUT2D eigenvalue weighted by atomic mass is 35.5. The summed E-state index contributed by atoms with van der Waals surface area (Å²) in [5.41, 5.74) is 14.7. The highest BCUT2D eigenvalue weighted by Gasteiger charge is 2.35. The predicted octanol–water partition coefficient (Wildman–Crippen LogP) is -3.70. The lowest BCUT2D eigenvalue weighted by Crippen LogP contribution is -2.54. The summed E-state index contributed by atoms with van der Waals surface area (Å²) in [6.07, 6.45) is -13.3. The number of anilines is 2. The van der Waals surface area contributed by atoms with E-state index in [1.165, 1.54) is 0 Å². The van der Waals surface area contributed by atoms with Crippen LogP contribution in [0.5, 0.6) is 0 Å². The van der Waals surface area contributed by atoms with Gasteiger partial charge >= 0.3 is 5.97 Å². The van der Waals surface area contributed by atoms with Gasteiger partial charge in [0.1, 0.15) is 42.7 Å². The number of nitrogens with two attached hydrogens (primary N) is 2. The molecule has 0 saturated carbocycles. The standard InChI is InChI=1S/C41H60ClN9O14/c42-36-38(44)49-37(43)31(48-36)39(63)50-41(45)46-15-2-1-3-21-4-9-23(10-5-21)24-11-6-22(7-12-24)8-13-30(58)47-25(40(64)65)14-16-51(17-26(54)32(59)34(61)28(56)19-52)18-27(55)33(60)35(62)29(57)20-53/h4-7,9-12,25-29,32-35,52-57,59-62H,1-3,8,13-20H2,(H,47,58)(H,64,65)(H4,43,44,49)(H3,45,46,50,63)/t25-,26-,27-,28+,29+,32+,33+,34+,35+/m0/s1.